The maximum absolute atomic E-state index is 6.20. The highest BCUT2D eigenvalue weighted by molar-refractivity contribution is 6.05. The van der Waals surface area contributed by atoms with Crippen LogP contribution in [0.2, 0.25) is 0 Å². The molecule has 0 heterocycles. The molecule has 0 fully saturated rings. The molecule has 2 nitrogen and oxygen atoms in total. The molecule has 0 saturated carbocycles. The second-order valence-electron chi connectivity index (χ2n) is 4.51. The van der Waals surface area contributed by atoms with E-state index in [1.807, 2.05) is 13.8 Å². The summed E-state index contributed by atoms with van der Waals surface area (Å²) in [7, 11) is 0. The number of anilines is 2. The van der Waals surface area contributed by atoms with Crippen LogP contribution in [0.25, 0.3) is 10.8 Å². The molecule has 2 aromatic rings. The predicted octanol–water partition coefficient (Wildman–Crippen LogP) is 3.24. The van der Waals surface area contributed by atoms with E-state index in [2.05, 4.69) is 26.0 Å². The van der Waals surface area contributed by atoms with Crippen LogP contribution >= 0.6 is 0 Å². The van der Waals surface area contributed by atoms with E-state index < -0.39 is 0 Å². The summed E-state index contributed by atoms with van der Waals surface area (Å²) in [5.41, 5.74) is 18.7. The van der Waals surface area contributed by atoms with E-state index in [1.54, 1.807) is 0 Å². The average molecular weight is 214 g/mol. The molecular weight excluding hydrogens is 196 g/mol. The Morgan fingerprint density at radius 2 is 1.31 bits per heavy atom. The Morgan fingerprint density at radius 1 is 0.750 bits per heavy atom. The Hall–Kier alpha value is -1.70. The SMILES string of the molecule is Cc1ccc2c(N)c(C)c(C)c(N)c2c1C. The van der Waals surface area contributed by atoms with Crippen molar-refractivity contribution in [3.05, 3.63) is 34.4 Å². The molecule has 2 heteroatoms. The number of fused-ring (bicyclic) bond motifs is 1. The lowest BCUT2D eigenvalue weighted by Crippen LogP contribution is -2.02. The number of rotatable bonds is 0. The molecule has 0 aliphatic rings. The maximum Gasteiger partial charge on any atom is 0.0430 e. The van der Waals surface area contributed by atoms with Crippen molar-refractivity contribution in [3.63, 3.8) is 0 Å². The Balaban J connectivity index is 3.09. The molecule has 16 heavy (non-hydrogen) atoms. The lowest BCUT2D eigenvalue weighted by molar-refractivity contribution is 1.34. The van der Waals surface area contributed by atoms with Crippen LogP contribution in [0.1, 0.15) is 22.3 Å². The van der Waals surface area contributed by atoms with E-state index in [9.17, 15) is 0 Å². The highest BCUT2D eigenvalue weighted by Gasteiger charge is 2.12. The molecule has 0 radical (unpaired) electrons. The largest absolute Gasteiger partial charge is 0.398 e. The van der Waals surface area contributed by atoms with Crippen LogP contribution in [0.3, 0.4) is 0 Å². The minimum atomic E-state index is 0.852. The molecule has 0 aliphatic carbocycles. The zero-order valence-corrected chi connectivity index (χ0v) is 10.3. The molecule has 0 unspecified atom stereocenters. The fraction of sp³-hybridized carbons (Fsp3) is 0.286. The van der Waals surface area contributed by atoms with E-state index in [1.165, 1.54) is 11.1 Å². The summed E-state index contributed by atoms with van der Waals surface area (Å²) in [4.78, 5) is 0. The summed E-state index contributed by atoms with van der Waals surface area (Å²) in [6.45, 7) is 8.25. The monoisotopic (exact) mass is 214 g/mol. The van der Waals surface area contributed by atoms with Crippen molar-refractivity contribution in [1.29, 1.82) is 0 Å². The summed E-state index contributed by atoms with van der Waals surface area (Å²) in [6.07, 6.45) is 0. The summed E-state index contributed by atoms with van der Waals surface area (Å²) >= 11 is 0. The molecule has 2 aromatic carbocycles. The third-order valence-electron chi connectivity index (χ3n) is 3.67. The number of hydrogen-bond donors (Lipinski definition) is 2. The summed E-state index contributed by atoms with van der Waals surface area (Å²) in [5.74, 6) is 0. The topological polar surface area (TPSA) is 52.0 Å². The van der Waals surface area contributed by atoms with Crippen LogP contribution in [0.5, 0.6) is 0 Å². The normalized spacial score (nSPS) is 11.0. The second kappa shape index (κ2) is 3.41. The van der Waals surface area contributed by atoms with Crippen LogP contribution in [0.4, 0.5) is 11.4 Å². The molecule has 0 aromatic heterocycles. The van der Waals surface area contributed by atoms with Gasteiger partial charge in [-0.1, -0.05) is 12.1 Å². The lowest BCUT2D eigenvalue weighted by atomic mass is 9.93. The van der Waals surface area contributed by atoms with Gasteiger partial charge in [-0.15, -0.1) is 0 Å². The zero-order valence-electron chi connectivity index (χ0n) is 10.3. The van der Waals surface area contributed by atoms with Gasteiger partial charge in [-0.3, -0.25) is 0 Å². The third kappa shape index (κ3) is 1.26. The minimum absolute atomic E-state index is 0.852. The van der Waals surface area contributed by atoms with Gasteiger partial charge in [0, 0.05) is 22.1 Å². The van der Waals surface area contributed by atoms with Gasteiger partial charge in [-0.05, 0) is 49.9 Å². The highest BCUT2D eigenvalue weighted by Crippen LogP contribution is 2.36. The molecular formula is C14H18N2. The van der Waals surface area contributed by atoms with Crippen molar-refractivity contribution in [2.45, 2.75) is 27.7 Å². The van der Waals surface area contributed by atoms with Gasteiger partial charge >= 0.3 is 0 Å². The third-order valence-corrected chi connectivity index (χ3v) is 3.67. The van der Waals surface area contributed by atoms with Gasteiger partial charge in [0.25, 0.3) is 0 Å². The molecule has 0 aliphatic heterocycles. The van der Waals surface area contributed by atoms with Gasteiger partial charge in [-0.25, -0.2) is 0 Å². The van der Waals surface area contributed by atoms with Gasteiger partial charge in [0.05, 0.1) is 0 Å². The first-order chi connectivity index (χ1) is 7.45. The number of aryl methyl sites for hydroxylation is 2. The van der Waals surface area contributed by atoms with Crippen molar-refractivity contribution in [3.8, 4) is 0 Å². The van der Waals surface area contributed by atoms with Gasteiger partial charge in [-0.2, -0.15) is 0 Å². The Bertz CT molecular complexity index is 583. The van der Waals surface area contributed by atoms with Gasteiger partial charge < -0.3 is 11.5 Å². The smallest absolute Gasteiger partial charge is 0.0430 e. The zero-order chi connectivity index (χ0) is 12.0. The standard InChI is InChI=1S/C14H18N2/c1-7-5-6-11-12(8(7)2)14(16)10(4)9(3)13(11)15/h5-6H,15-16H2,1-4H3. The van der Waals surface area contributed by atoms with Crippen LogP contribution in [-0.2, 0) is 0 Å². The molecule has 0 spiro atoms. The Kier molecular flexibility index (Phi) is 2.30. The summed E-state index contributed by atoms with van der Waals surface area (Å²) in [5, 5.41) is 2.18. The minimum Gasteiger partial charge on any atom is -0.398 e. The van der Waals surface area contributed by atoms with E-state index >= 15 is 0 Å². The van der Waals surface area contributed by atoms with Crippen molar-refractivity contribution in [2.24, 2.45) is 0 Å². The number of hydrogen-bond acceptors (Lipinski definition) is 2. The summed E-state index contributed by atoms with van der Waals surface area (Å²) < 4.78 is 0. The predicted molar refractivity (Wildman–Crippen MR) is 71.7 cm³/mol. The molecule has 0 atom stereocenters. The summed E-state index contributed by atoms with van der Waals surface area (Å²) in [6, 6.07) is 4.16. The fourth-order valence-corrected chi connectivity index (χ4v) is 2.18. The van der Waals surface area contributed by atoms with Crippen molar-refractivity contribution in [2.75, 3.05) is 11.5 Å². The van der Waals surface area contributed by atoms with Crippen molar-refractivity contribution in [1.82, 2.24) is 0 Å². The van der Waals surface area contributed by atoms with Crippen LogP contribution in [0.15, 0.2) is 12.1 Å². The average Bonchev–Trinajstić information content (AvgIpc) is 2.27. The Labute approximate surface area is 96.3 Å². The molecule has 2 rings (SSSR count). The first-order valence-corrected chi connectivity index (χ1v) is 5.49. The second-order valence-corrected chi connectivity index (χ2v) is 4.51. The fourth-order valence-electron chi connectivity index (χ4n) is 2.18. The van der Waals surface area contributed by atoms with Gasteiger partial charge in [0.2, 0.25) is 0 Å². The molecule has 84 valence electrons. The molecule has 4 N–H and O–H groups in total. The maximum atomic E-state index is 6.20. The molecule has 0 saturated heterocycles. The van der Waals surface area contributed by atoms with Gasteiger partial charge in [0.15, 0.2) is 0 Å². The first-order valence-electron chi connectivity index (χ1n) is 5.49. The number of nitrogen functional groups attached to an aromatic ring is 2. The number of nitrogens with two attached hydrogens (primary N) is 2. The van der Waals surface area contributed by atoms with E-state index in [0.29, 0.717) is 0 Å². The Morgan fingerprint density at radius 3 is 1.94 bits per heavy atom. The van der Waals surface area contributed by atoms with Crippen LogP contribution < -0.4 is 11.5 Å². The molecule has 0 bridgehead atoms. The van der Waals surface area contributed by atoms with Gasteiger partial charge in [0.1, 0.15) is 0 Å². The highest BCUT2D eigenvalue weighted by atomic mass is 14.6. The van der Waals surface area contributed by atoms with E-state index in [-0.39, 0.29) is 0 Å². The van der Waals surface area contributed by atoms with Crippen molar-refractivity contribution < 1.29 is 0 Å². The quantitative estimate of drug-likeness (QED) is 0.661. The number of benzene rings is 2. The lowest BCUT2D eigenvalue weighted by Gasteiger charge is -2.16. The van der Waals surface area contributed by atoms with E-state index in [0.717, 1.165) is 33.3 Å². The van der Waals surface area contributed by atoms with Crippen LogP contribution in [0, 0.1) is 27.7 Å². The van der Waals surface area contributed by atoms with E-state index in [4.69, 9.17) is 11.5 Å². The van der Waals surface area contributed by atoms with Crippen LogP contribution in [-0.4, -0.2) is 0 Å². The first kappa shape index (κ1) is 10.8. The molecule has 0 amide bonds. The van der Waals surface area contributed by atoms with Crippen molar-refractivity contribution >= 4 is 22.1 Å².